The molecule has 0 amide bonds. The Hall–Kier alpha value is -1.42. The van der Waals surface area contributed by atoms with Crippen molar-refractivity contribution in [3.8, 4) is 11.8 Å². The van der Waals surface area contributed by atoms with Crippen molar-refractivity contribution in [3.05, 3.63) is 29.6 Å². The van der Waals surface area contributed by atoms with Gasteiger partial charge in [0.05, 0.1) is 17.1 Å². The SMILES string of the molecule is CCC(C)N(C)S(=O)(=O)c1ccc(C#CCCO)c(F)c1. The minimum atomic E-state index is -3.71. The Balaban J connectivity index is 3.12. The smallest absolute Gasteiger partial charge is 0.243 e. The maximum atomic E-state index is 13.9. The van der Waals surface area contributed by atoms with Crippen LogP contribution in [-0.4, -0.2) is 37.5 Å². The average molecular weight is 313 g/mol. The highest BCUT2D eigenvalue weighted by Crippen LogP contribution is 2.20. The number of rotatable bonds is 5. The first-order chi connectivity index (χ1) is 9.84. The van der Waals surface area contributed by atoms with Crippen molar-refractivity contribution in [2.45, 2.75) is 37.6 Å². The predicted molar refractivity (Wildman–Crippen MR) is 79.7 cm³/mol. The number of hydrogen-bond donors (Lipinski definition) is 1. The second-order valence-corrected chi connectivity index (χ2v) is 6.69. The highest BCUT2D eigenvalue weighted by atomic mass is 32.2. The van der Waals surface area contributed by atoms with Crippen molar-refractivity contribution in [2.24, 2.45) is 0 Å². The summed E-state index contributed by atoms with van der Waals surface area (Å²) in [7, 11) is -2.23. The van der Waals surface area contributed by atoms with Crippen molar-refractivity contribution in [1.82, 2.24) is 4.31 Å². The van der Waals surface area contributed by atoms with Gasteiger partial charge in [-0.1, -0.05) is 18.8 Å². The average Bonchev–Trinajstić information content (AvgIpc) is 2.47. The van der Waals surface area contributed by atoms with Crippen LogP contribution >= 0.6 is 0 Å². The fourth-order valence-corrected chi connectivity index (χ4v) is 3.08. The van der Waals surface area contributed by atoms with Gasteiger partial charge in [0.15, 0.2) is 0 Å². The molecule has 0 bridgehead atoms. The van der Waals surface area contributed by atoms with Crippen LogP contribution < -0.4 is 0 Å². The molecular weight excluding hydrogens is 293 g/mol. The third-order valence-corrected chi connectivity index (χ3v) is 5.26. The molecule has 0 aliphatic carbocycles. The van der Waals surface area contributed by atoms with Crippen LogP contribution in [0.15, 0.2) is 23.1 Å². The summed E-state index contributed by atoms with van der Waals surface area (Å²) < 4.78 is 39.8. The molecule has 0 radical (unpaired) electrons. The molecule has 0 aliphatic heterocycles. The highest BCUT2D eigenvalue weighted by molar-refractivity contribution is 7.89. The van der Waals surface area contributed by atoms with Crippen LogP contribution in [0.25, 0.3) is 0 Å². The lowest BCUT2D eigenvalue weighted by atomic mass is 10.2. The predicted octanol–water partition coefficient (Wildman–Crippen LogP) is 1.98. The van der Waals surface area contributed by atoms with Crippen molar-refractivity contribution in [2.75, 3.05) is 13.7 Å². The van der Waals surface area contributed by atoms with E-state index in [9.17, 15) is 12.8 Å². The number of benzene rings is 1. The highest BCUT2D eigenvalue weighted by Gasteiger charge is 2.25. The number of aliphatic hydroxyl groups excluding tert-OH is 1. The fourth-order valence-electron chi connectivity index (χ4n) is 1.63. The normalized spacial score (nSPS) is 12.9. The Bertz CT molecular complexity index is 647. The van der Waals surface area contributed by atoms with E-state index in [4.69, 9.17) is 5.11 Å². The maximum Gasteiger partial charge on any atom is 0.243 e. The monoisotopic (exact) mass is 313 g/mol. The van der Waals surface area contributed by atoms with Gasteiger partial charge in [-0.15, -0.1) is 0 Å². The molecule has 0 spiro atoms. The van der Waals surface area contributed by atoms with E-state index < -0.39 is 15.8 Å². The summed E-state index contributed by atoms with van der Waals surface area (Å²) in [6, 6.07) is 3.51. The third-order valence-electron chi connectivity index (χ3n) is 3.29. The zero-order chi connectivity index (χ0) is 16.0. The molecule has 0 aliphatic rings. The first-order valence-electron chi connectivity index (χ1n) is 6.71. The molecule has 21 heavy (non-hydrogen) atoms. The first-order valence-corrected chi connectivity index (χ1v) is 8.16. The molecule has 1 unspecified atom stereocenters. The van der Waals surface area contributed by atoms with Crippen LogP contribution in [0.4, 0.5) is 4.39 Å². The topological polar surface area (TPSA) is 57.6 Å². The summed E-state index contributed by atoms with van der Waals surface area (Å²) in [5.74, 6) is 4.48. The summed E-state index contributed by atoms with van der Waals surface area (Å²) in [6.45, 7) is 3.58. The Morgan fingerprint density at radius 1 is 1.43 bits per heavy atom. The van der Waals surface area contributed by atoms with Gasteiger partial charge in [0.1, 0.15) is 5.82 Å². The number of aliphatic hydroxyl groups is 1. The zero-order valence-corrected chi connectivity index (χ0v) is 13.2. The Morgan fingerprint density at radius 3 is 2.62 bits per heavy atom. The van der Waals surface area contributed by atoms with Crippen LogP contribution in [0.5, 0.6) is 0 Å². The van der Waals surface area contributed by atoms with E-state index in [1.807, 2.05) is 6.92 Å². The molecule has 1 aromatic carbocycles. The standard InChI is InChI=1S/C15H20FNO3S/c1-4-12(2)17(3)21(19,20)14-9-8-13(15(16)11-14)7-5-6-10-18/h8-9,11-12,18H,4,6,10H2,1-3H3. The molecule has 0 saturated carbocycles. The van der Waals surface area contributed by atoms with Crippen LogP contribution in [0.1, 0.15) is 32.3 Å². The largest absolute Gasteiger partial charge is 0.395 e. The van der Waals surface area contributed by atoms with Gasteiger partial charge in [-0.05, 0) is 31.5 Å². The molecular formula is C15H20FNO3S. The second kappa shape index (κ2) is 7.55. The lowest BCUT2D eigenvalue weighted by molar-refractivity contribution is 0.305. The molecule has 1 rings (SSSR count). The zero-order valence-electron chi connectivity index (χ0n) is 12.4. The summed E-state index contributed by atoms with van der Waals surface area (Å²) in [5.41, 5.74) is 0.119. The number of hydrogen-bond acceptors (Lipinski definition) is 3. The molecule has 6 heteroatoms. The van der Waals surface area contributed by atoms with Crippen LogP contribution in [0, 0.1) is 17.7 Å². The van der Waals surface area contributed by atoms with Crippen molar-refractivity contribution in [3.63, 3.8) is 0 Å². The molecule has 0 heterocycles. The summed E-state index contributed by atoms with van der Waals surface area (Å²) in [6.07, 6.45) is 0.916. The van der Waals surface area contributed by atoms with Gasteiger partial charge in [0.25, 0.3) is 0 Å². The van der Waals surface area contributed by atoms with E-state index in [-0.39, 0.29) is 29.5 Å². The van der Waals surface area contributed by atoms with Gasteiger partial charge in [0.2, 0.25) is 10.0 Å². The lowest BCUT2D eigenvalue weighted by Crippen LogP contribution is -2.34. The lowest BCUT2D eigenvalue weighted by Gasteiger charge is -2.23. The van der Waals surface area contributed by atoms with Gasteiger partial charge < -0.3 is 5.11 Å². The van der Waals surface area contributed by atoms with E-state index in [1.54, 1.807) is 6.92 Å². The Kier molecular flexibility index (Phi) is 6.34. The first kappa shape index (κ1) is 17.6. The summed E-state index contributed by atoms with van der Waals surface area (Å²) in [4.78, 5) is -0.0875. The molecule has 1 N–H and O–H groups in total. The third kappa shape index (κ3) is 4.27. The summed E-state index contributed by atoms with van der Waals surface area (Å²) >= 11 is 0. The van der Waals surface area contributed by atoms with Crippen LogP contribution in [0.3, 0.4) is 0 Å². The number of nitrogens with zero attached hydrogens (tertiary/aromatic N) is 1. The minimum Gasteiger partial charge on any atom is -0.395 e. The van der Waals surface area contributed by atoms with Crippen molar-refractivity contribution >= 4 is 10.0 Å². The second-order valence-electron chi connectivity index (χ2n) is 4.70. The Labute approximate surface area is 125 Å². The molecule has 1 atom stereocenters. The molecule has 0 aromatic heterocycles. The van der Waals surface area contributed by atoms with E-state index in [0.29, 0.717) is 6.42 Å². The van der Waals surface area contributed by atoms with Crippen LogP contribution in [0.2, 0.25) is 0 Å². The molecule has 4 nitrogen and oxygen atoms in total. The quantitative estimate of drug-likeness (QED) is 0.846. The fraction of sp³-hybridized carbons (Fsp3) is 0.467. The Morgan fingerprint density at radius 2 is 2.10 bits per heavy atom. The molecule has 1 aromatic rings. The molecule has 0 fully saturated rings. The van der Waals surface area contributed by atoms with Gasteiger partial charge in [-0.25, -0.2) is 12.8 Å². The molecule has 0 saturated heterocycles. The van der Waals surface area contributed by atoms with E-state index in [0.717, 1.165) is 6.07 Å². The van der Waals surface area contributed by atoms with Gasteiger partial charge in [0, 0.05) is 19.5 Å². The number of halogens is 1. The van der Waals surface area contributed by atoms with Gasteiger partial charge >= 0.3 is 0 Å². The van der Waals surface area contributed by atoms with Gasteiger partial charge in [-0.2, -0.15) is 4.31 Å². The van der Waals surface area contributed by atoms with E-state index in [1.165, 1.54) is 23.5 Å². The maximum absolute atomic E-state index is 13.9. The molecule has 116 valence electrons. The number of sulfonamides is 1. The van der Waals surface area contributed by atoms with Crippen molar-refractivity contribution < 1.29 is 17.9 Å². The van der Waals surface area contributed by atoms with Crippen molar-refractivity contribution in [1.29, 1.82) is 0 Å². The summed E-state index contributed by atoms with van der Waals surface area (Å²) in [5, 5.41) is 8.62. The van der Waals surface area contributed by atoms with Gasteiger partial charge in [-0.3, -0.25) is 0 Å². The minimum absolute atomic E-state index is 0.0875. The van der Waals surface area contributed by atoms with E-state index >= 15 is 0 Å². The van der Waals surface area contributed by atoms with Crippen LogP contribution in [-0.2, 0) is 10.0 Å². The van der Waals surface area contributed by atoms with E-state index in [2.05, 4.69) is 11.8 Å².